The number of hydrogen-bond acceptors (Lipinski definition) is 5. The van der Waals surface area contributed by atoms with Crippen LogP contribution in [0.2, 0.25) is 0 Å². The van der Waals surface area contributed by atoms with Gasteiger partial charge in [0, 0.05) is 37.3 Å². The summed E-state index contributed by atoms with van der Waals surface area (Å²) in [6.07, 6.45) is 0. The van der Waals surface area contributed by atoms with Crippen molar-refractivity contribution in [3.63, 3.8) is 0 Å². The number of anilines is 1. The number of benzene rings is 3. The average Bonchev–Trinajstić information content (AvgIpc) is 3.29. The first-order chi connectivity index (χ1) is 17.0. The minimum absolute atomic E-state index is 0.0442. The number of piperazine rings is 1. The van der Waals surface area contributed by atoms with E-state index in [0.717, 1.165) is 5.69 Å². The molecule has 178 valence electrons. The van der Waals surface area contributed by atoms with Crippen LogP contribution in [-0.2, 0) is 11.3 Å². The van der Waals surface area contributed by atoms with E-state index < -0.39 is 0 Å². The highest BCUT2D eigenvalue weighted by Gasteiger charge is 2.24. The number of phenolic OH excluding ortho intramolecular Hbond substituents is 1. The third-order valence-electron chi connectivity index (χ3n) is 6.02. The Labute approximate surface area is 200 Å². The van der Waals surface area contributed by atoms with Crippen LogP contribution in [0.3, 0.4) is 0 Å². The van der Waals surface area contributed by atoms with Gasteiger partial charge in [0.15, 0.2) is 11.6 Å². The topological polar surface area (TPSA) is 74.5 Å². The van der Waals surface area contributed by atoms with Gasteiger partial charge in [-0.3, -0.25) is 4.79 Å². The largest absolute Gasteiger partial charge is 0.506 e. The summed E-state index contributed by atoms with van der Waals surface area (Å²) in [4.78, 5) is 21.5. The van der Waals surface area contributed by atoms with Gasteiger partial charge in [0.1, 0.15) is 23.9 Å². The summed E-state index contributed by atoms with van der Waals surface area (Å²) in [6.45, 7) is 2.13. The van der Waals surface area contributed by atoms with Gasteiger partial charge in [0.25, 0.3) is 0 Å². The van der Waals surface area contributed by atoms with E-state index in [2.05, 4.69) is 10.1 Å². The lowest BCUT2D eigenvalue weighted by Crippen LogP contribution is -2.49. The minimum atomic E-state index is -0.378. The van der Waals surface area contributed by atoms with E-state index in [4.69, 9.17) is 0 Å². The van der Waals surface area contributed by atoms with E-state index in [1.54, 1.807) is 41.3 Å². The Balaban J connectivity index is 1.36. The van der Waals surface area contributed by atoms with E-state index in [1.807, 2.05) is 17.0 Å². The molecular weight excluding hydrogens is 452 g/mol. The molecule has 1 saturated heterocycles. The van der Waals surface area contributed by atoms with Crippen molar-refractivity contribution in [2.24, 2.45) is 0 Å². The van der Waals surface area contributed by atoms with E-state index in [9.17, 15) is 18.7 Å². The molecule has 1 aromatic heterocycles. The third kappa shape index (κ3) is 4.84. The van der Waals surface area contributed by atoms with Crippen LogP contribution < -0.4 is 4.90 Å². The molecule has 0 aliphatic carbocycles. The number of amides is 1. The number of rotatable bonds is 5. The molecule has 1 aliphatic heterocycles. The molecule has 5 rings (SSSR count). The summed E-state index contributed by atoms with van der Waals surface area (Å²) >= 11 is 0. The zero-order valence-corrected chi connectivity index (χ0v) is 18.8. The third-order valence-corrected chi connectivity index (χ3v) is 6.02. The second-order valence-electron chi connectivity index (χ2n) is 8.29. The van der Waals surface area contributed by atoms with Crippen molar-refractivity contribution in [2.45, 2.75) is 6.54 Å². The molecule has 35 heavy (non-hydrogen) atoms. The lowest BCUT2D eigenvalue weighted by Gasteiger charge is -2.36. The maximum absolute atomic E-state index is 13.5. The van der Waals surface area contributed by atoms with Crippen molar-refractivity contribution in [1.29, 1.82) is 0 Å². The number of phenols is 1. The van der Waals surface area contributed by atoms with Crippen LogP contribution in [-0.4, -0.2) is 56.9 Å². The number of para-hydroxylation sites is 2. The number of aromatic hydroxyl groups is 1. The first-order valence-electron chi connectivity index (χ1n) is 11.3. The first-order valence-corrected chi connectivity index (χ1v) is 11.3. The van der Waals surface area contributed by atoms with Gasteiger partial charge in [-0.1, -0.05) is 12.1 Å². The second kappa shape index (κ2) is 9.54. The number of halogens is 2. The number of hydrogen-bond donors (Lipinski definition) is 1. The highest BCUT2D eigenvalue weighted by molar-refractivity contribution is 5.77. The van der Waals surface area contributed by atoms with Gasteiger partial charge in [0.2, 0.25) is 5.91 Å². The predicted octanol–water partition coefficient (Wildman–Crippen LogP) is 3.94. The number of aromatic nitrogens is 3. The summed E-state index contributed by atoms with van der Waals surface area (Å²) in [6, 6.07) is 18.8. The fourth-order valence-corrected chi connectivity index (χ4v) is 4.14. The molecule has 3 aromatic carbocycles. The van der Waals surface area contributed by atoms with Crippen LogP contribution in [0.25, 0.3) is 22.8 Å². The van der Waals surface area contributed by atoms with Gasteiger partial charge in [-0.05, 0) is 60.7 Å². The van der Waals surface area contributed by atoms with Crippen molar-refractivity contribution in [2.75, 3.05) is 31.1 Å². The Morgan fingerprint density at radius 2 is 1.43 bits per heavy atom. The molecule has 9 heteroatoms. The monoisotopic (exact) mass is 475 g/mol. The number of carbonyl (C=O) groups excluding carboxylic acids is 1. The maximum Gasteiger partial charge on any atom is 0.244 e. The zero-order chi connectivity index (χ0) is 24.4. The fourth-order valence-electron chi connectivity index (χ4n) is 4.14. The summed E-state index contributed by atoms with van der Waals surface area (Å²) in [5.41, 5.74) is 1.97. The molecule has 0 unspecified atom stereocenters. The number of carbonyl (C=O) groups is 1. The van der Waals surface area contributed by atoms with Crippen molar-refractivity contribution in [3.05, 3.63) is 84.4 Å². The molecule has 0 atom stereocenters. The predicted molar refractivity (Wildman–Crippen MR) is 128 cm³/mol. The summed E-state index contributed by atoms with van der Waals surface area (Å²) in [7, 11) is 0. The lowest BCUT2D eigenvalue weighted by atomic mass is 10.2. The van der Waals surface area contributed by atoms with Gasteiger partial charge in [-0.15, -0.1) is 5.10 Å². The quantitative estimate of drug-likeness (QED) is 0.473. The molecule has 4 aromatic rings. The Morgan fingerprint density at radius 1 is 0.829 bits per heavy atom. The van der Waals surface area contributed by atoms with Gasteiger partial charge in [0.05, 0.1) is 5.69 Å². The Bertz CT molecular complexity index is 1330. The zero-order valence-electron chi connectivity index (χ0n) is 18.8. The van der Waals surface area contributed by atoms with Gasteiger partial charge in [-0.2, -0.15) is 0 Å². The Morgan fingerprint density at radius 3 is 2.06 bits per heavy atom. The van der Waals surface area contributed by atoms with Crippen molar-refractivity contribution in [1.82, 2.24) is 19.7 Å². The van der Waals surface area contributed by atoms with E-state index >= 15 is 0 Å². The van der Waals surface area contributed by atoms with Crippen LogP contribution in [0.4, 0.5) is 14.5 Å². The normalized spacial score (nSPS) is 13.8. The molecule has 1 aliphatic rings. The highest BCUT2D eigenvalue weighted by Crippen LogP contribution is 2.27. The van der Waals surface area contributed by atoms with Crippen molar-refractivity contribution >= 4 is 11.6 Å². The van der Waals surface area contributed by atoms with Crippen LogP contribution in [0, 0.1) is 11.6 Å². The molecule has 1 fully saturated rings. The van der Waals surface area contributed by atoms with Crippen LogP contribution in [0.1, 0.15) is 0 Å². The molecule has 0 spiro atoms. The summed E-state index contributed by atoms with van der Waals surface area (Å²) in [5, 5.41) is 14.6. The second-order valence-corrected chi connectivity index (χ2v) is 8.29. The SMILES string of the molecule is O=C(Cn1nc(-c2ccc(F)cc2)nc1-c1ccc(F)cc1)N1CCN(c2ccccc2O)CC1. The summed E-state index contributed by atoms with van der Waals surface area (Å²) < 4.78 is 28.4. The minimum Gasteiger partial charge on any atom is -0.506 e. The van der Waals surface area contributed by atoms with Gasteiger partial charge < -0.3 is 14.9 Å². The lowest BCUT2D eigenvalue weighted by molar-refractivity contribution is -0.132. The molecule has 1 amide bonds. The molecule has 0 bridgehead atoms. The fraction of sp³-hybridized carbons (Fsp3) is 0.192. The van der Waals surface area contributed by atoms with Gasteiger partial charge in [-0.25, -0.2) is 18.4 Å². The number of nitrogens with zero attached hydrogens (tertiary/aromatic N) is 5. The highest BCUT2D eigenvalue weighted by atomic mass is 19.1. The molecule has 7 nitrogen and oxygen atoms in total. The molecular formula is C26H23F2N5O2. The van der Waals surface area contributed by atoms with Crippen molar-refractivity contribution in [3.8, 4) is 28.5 Å². The van der Waals surface area contributed by atoms with Crippen LogP contribution in [0.5, 0.6) is 5.75 Å². The van der Waals surface area contributed by atoms with E-state index in [0.29, 0.717) is 49.0 Å². The molecule has 0 saturated carbocycles. The molecule has 0 radical (unpaired) electrons. The summed E-state index contributed by atoms with van der Waals surface area (Å²) in [5.74, 6) is 0.113. The van der Waals surface area contributed by atoms with Gasteiger partial charge >= 0.3 is 0 Å². The Hall–Kier alpha value is -4.27. The standard InChI is InChI=1S/C26H23F2N5O2/c27-20-9-5-18(6-10-20)25-29-26(19-7-11-21(28)12-8-19)33(30-25)17-24(35)32-15-13-31(14-16-32)22-3-1-2-4-23(22)34/h1-12,34H,13-17H2. The molecule has 1 N–H and O–H groups in total. The average molecular weight is 475 g/mol. The van der Waals surface area contributed by atoms with E-state index in [1.165, 1.54) is 28.9 Å². The van der Waals surface area contributed by atoms with Crippen molar-refractivity contribution < 1.29 is 18.7 Å². The Kier molecular flexibility index (Phi) is 6.13. The first kappa shape index (κ1) is 22.5. The smallest absolute Gasteiger partial charge is 0.244 e. The molecule has 2 heterocycles. The van der Waals surface area contributed by atoms with Crippen LogP contribution in [0.15, 0.2) is 72.8 Å². The van der Waals surface area contributed by atoms with Crippen LogP contribution >= 0.6 is 0 Å². The van der Waals surface area contributed by atoms with E-state index in [-0.39, 0.29) is 29.8 Å². The maximum atomic E-state index is 13.5.